The van der Waals surface area contributed by atoms with Crippen LogP contribution in [0.1, 0.15) is 34.6 Å². The highest BCUT2D eigenvalue weighted by molar-refractivity contribution is 7.89. The highest BCUT2D eigenvalue weighted by atomic mass is 32.2. The average Bonchev–Trinajstić information content (AvgIpc) is 3.21. The minimum absolute atomic E-state index is 0.0374. The van der Waals surface area contributed by atoms with E-state index >= 15 is 0 Å². The molecule has 0 spiro atoms. The summed E-state index contributed by atoms with van der Waals surface area (Å²) < 4.78 is 29.1. The topological polar surface area (TPSA) is 132 Å². The first-order chi connectivity index (χ1) is 16.7. The van der Waals surface area contributed by atoms with Crippen molar-refractivity contribution in [3.05, 3.63) is 48.7 Å². The van der Waals surface area contributed by atoms with Crippen molar-refractivity contribution in [1.29, 1.82) is 0 Å². The maximum absolute atomic E-state index is 13.2. The first kappa shape index (κ1) is 27.5. The number of benzene rings is 2. The van der Waals surface area contributed by atoms with Crippen molar-refractivity contribution in [2.75, 3.05) is 10.6 Å². The molecule has 3 aromatic rings. The van der Waals surface area contributed by atoms with Crippen molar-refractivity contribution in [2.45, 2.75) is 51.1 Å². The smallest absolute Gasteiger partial charge is 0.409 e. The number of amides is 1. The molecule has 1 heterocycles. The normalized spacial score (nSPS) is 11.8. The summed E-state index contributed by atoms with van der Waals surface area (Å²) in [6, 6.07) is 12.2. The van der Waals surface area contributed by atoms with Crippen LogP contribution in [-0.2, 0) is 10.0 Å². The second kappa shape index (κ2) is 10.9. The molecule has 0 unspecified atom stereocenters. The molecule has 0 aliphatic carbocycles. The summed E-state index contributed by atoms with van der Waals surface area (Å²) in [6.45, 7) is 9.21. The fourth-order valence-corrected chi connectivity index (χ4v) is 6.31. The Morgan fingerprint density at radius 1 is 1.06 bits per heavy atom. The third kappa shape index (κ3) is 7.47. The van der Waals surface area contributed by atoms with E-state index in [9.17, 15) is 13.2 Å². The molecule has 0 radical (unpaired) electrons. The van der Waals surface area contributed by atoms with Gasteiger partial charge in [-0.1, -0.05) is 6.07 Å². The first-order valence-electron chi connectivity index (χ1n) is 11.1. The van der Waals surface area contributed by atoms with Crippen LogP contribution in [0.2, 0.25) is 0 Å². The van der Waals surface area contributed by atoms with Gasteiger partial charge in [-0.2, -0.15) is 0 Å². The maximum atomic E-state index is 13.2. The molecule has 5 N–H and O–H groups in total. The molecule has 1 aromatic heterocycles. The molecule has 0 aliphatic heterocycles. The molecule has 36 heavy (non-hydrogen) atoms. The van der Waals surface area contributed by atoms with Gasteiger partial charge in [0.1, 0.15) is 5.01 Å². The fourth-order valence-electron chi connectivity index (χ4n) is 3.27. The Morgan fingerprint density at radius 3 is 2.28 bits per heavy atom. The number of aromatic nitrogens is 1. The number of hydrogen-bond acceptors (Lipinski definition) is 6. The Bertz CT molecular complexity index is 1360. The number of carbonyl (C=O) groups is 1. The lowest BCUT2D eigenvalue weighted by atomic mass is 10.1. The predicted octanol–water partition coefficient (Wildman–Crippen LogP) is 5.34. The number of thiazole rings is 1. The van der Waals surface area contributed by atoms with Crippen LogP contribution < -0.4 is 20.7 Å². The van der Waals surface area contributed by atoms with E-state index < -0.39 is 21.7 Å². The van der Waals surface area contributed by atoms with Crippen molar-refractivity contribution in [2.24, 2.45) is 0 Å². The van der Waals surface area contributed by atoms with Crippen LogP contribution in [0.5, 0.6) is 0 Å². The lowest BCUT2D eigenvalue weighted by Crippen LogP contribution is -2.40. The first-order valence-corrected chi connectivity index (χ1v) is 13.8. The summed E-state index contributed by atoms with van der Waals surface area (Å²) in [7, 11) is -3.97. The lowest BCUT2D eigenvalue weighted by Gasteiger charge is -2.21. The van der Waals surface area contributed by atoms with E-state index in [1.807, 2.05) is 38.1 Å². The van der Waals surface area contributed by atoms with Gasteiger partial charge in [0.25, 0.3) is 0 Å². The van der Waals surface area contributed by atoms with Gasteiger partial charge in [-0.15, -0.1) is 11.3 Å². The zero-order valence-electron chi connectivity index (χ0n) is 20.5. The Balaban J connectivity index is 1.94. The largest absolute Gasteiger partial charge is 0.465 e. The molecule has 9 nitrogen and oxygen atoms in total. The summed E-state index contributed by atoms with van der Waals surface area (Å²) in [5.41, 5.74) is 1.54. The van der Waals surface area contributed by atoms with Gasteiger partial charge in [-0.25, -0.2) is 22.9 Å². The highest BCUT2D eigenvalue weighted by Crippen LogP contribution is 2.37. The van der Waals surface area contributed by atoms with Crippen molar-refractivity contribution >= 4 is 56.2 Å². The number of thiocarbonyl (C=S) groups is 1. The number of hydrogen-bond donors (Lipinski definition) is 5. The number of sulfonamides is 1. The fraction of sp³-hybridized carbons (Fsp3) is 0.292. The third-order valence-electron chi connectivity index (χ3n) is 4.54. The molecular weight excluding hydrogens is 518 g/mol. The van der Waals surface area contributed by atoms with Crippen LogP contribution >= 0.6 is 23.6 Å². The van der Waals surface area contributed by atoms with E-state index in [4.69, 9.17) is 17.3 Å². The van der Waals surface area contributed by atoms with Crippen molar-refractivity contribution in [1.82, 2.24) is 15.0 Å². The molecule has 1 amide bonds. The van der Waals surface area contributed by atoms with E-state index in [0.717, 1.165) is 11.3 Å². The van der Waals surface area contributed by atoms with Crippen LogP contribution in [0.3, 0.4) is 0 Å². The van der Waals surface area contributed by atoms with Gasteiger partial charge in [-0.05, 0) is 83.2 Å². The molecule has 0 fully saturated rings. The monoisotopic (exact) mass is 547 g/mol. The molecule has 0 saturated carbocycles. The summed E-state index contributed by atoms with van der Waals surface area (Å²) in [6.07, 6.45) is 0.331. The van der Waals surface area contributed by atoms with Gasteiger partial charge < -0.3 is 15.7 Å². The molecule has 0 saturated heterocycles. The number of nitrogens with zero attached hydrogens (tertiary/aromatic N) is 1. The zero-order chi connectivity index (χ0) is 26.7. The van der Waals surface area contributed by atoms with Crippen LogP contribution in [-0.4, -0.2) is 41.3 Å². The maximum Gasteiger partial charge on any atom is 0.409 e. The average molecular weight is 548 g/mol. The van der Waals surface area contributed by atoms with Gasteiger partial charge in [0, 0.05) is 40.3 Å². The molecule has 0 bridgehead atoms. The van der Waals surface area contributed by atoms with E-state index in [-0.39, 0.29) is 16.6 Å². The standard InChI is InChI=1S/C24H29N5O4S3/c1-14(2)26-22(34)27-16-8-6-15(7-9-16)21-25-13-19(35-21)18-11-10-17(28-23(30)31)12-20(18)36(32,33)29-24(3,4)5/h6-14,28-29H,1-5H3,(H,30,31)(H2,26,27,34). The Labute approximate surface area is 220 Å². The van der Waals surface area contributed by atoms with E-state index in [1.165, 1.54) is 23.5 Å². The molecular formula is C24H29N5O4S3. The minimum atomic E-state index is -3.97. The molecule has 0 aliphatic rings. The van der Waals surface area contributed by atoms with E-state index in [0.29, 0.717) is 20.6 Å². The summed E-state index contributed by atoms with van der Waals surface area (Å²) >= 11 is 6.62. The summed E-state index contributed by atoms with van der Waals surface area (Å²) in [5.74, 6) is 0. The van der Waals surface area contributed by atoms with Gasteiger partial charge in [-0.3, -0.25) is 5.32 Å². The number of nitrogens with one attached hydrogen (secondary N) is 4. The summed E-state index contributed by atoms with van der Waals surface area (Å²) in [4.78, 5) is 16.2. The zero-order valence-corrected chi connectivity index (χ0v) is 23.0. The van der Waals surface area contributed by atoms with Crippen LogP contribution in [0.4, 0.5) is 16.2 Å². The number of carboxylic acid groups (broad SMARTS) is 1. The summed E-state index contributed by atoms with van der Waals surface area (Å²) in [5, 5.41) is 18.8. The van der Waals surface area contributed by atoms with Crippen molar-refractivity contribution in [3.8, 4) is 21.0 Å². The van der Waals surface area contributed by atoms with Gasteiger partial charge in [0.05, 0.1) is 9.77 Å². The predicted molar refractivity (Wildman–Crippen MR) is 149 cm³/mol. The quantitative estimate of drug-likeness (QED) is 0.251. The highest BCUT2D eigenvalue weighted by Gasteiger charge is 2.26. The van der Waals surface area contributed by atoms with Crippen molar-refractivity contribution in [3.63, 3.8) is 0 Å². The third-order valence-corrected chi connectivity index (χ3v) is 7.64. The molecule has 2 aromatic carbocycles. The molecule has 12 heteroatoms. The minimum Gasteiger partial charge on any atom is -0.465 e. The van der Waals surface area contributed by atoms with Crippen molar-refractivity contribution < 1.29 is 18.3 Å². The van der Waals surface area contributed by atoms with Crippen LogP contribution in [0.25, 0.3) is 21.0 Å². The number of anilines is 2. The van der Waals surface area contributed by atoms with Crippen LogP contribution in [0, 0.1) is 0 Å². The van der Waals surface area contributed by atoms with Gasteiger partial charge in [0.15, 0.2) is 5.11 Å². The SMILES string of the molecule is CC(C)NC(=S)Nc1ccc(-c2ncc(-c3ccc(NC(=O)O)cc3S(=O)(=O)NC(C)(C)C)s2)cc1. The van der Waals surface area contributed by atoms with Gasteiger partial charge >= 0.3 is 6.09 Å². The molecule has 0 atom stereocenters. The Hall–Kier alpha value is -3.06. The Kier molecular flexibility index (Phi) is 8.34. The molecule has 3 rings (SSSR count). The van der Waals surface area contributed by atoms with E-state index in [2.05, 4.69) is 25.7 Å². The van der Waals surface area contributed by atoms with E-state index in [1.54, 1.807) is 33.0 Å². The Morgan fingerprint density at radius 2 is 1.69 bits per heavy atom. The molecule has 192 valence electrons. The van der Waals surface area contributed by atoms with Crippen LogP contribution in [0.15, 0.2) is 53.6 Å². The number of rotatable bonds is 7. The van der Waals surface area contributed by atoms with Gasteiger partial charge in [0.2, 0.25) is 10.0 Å². The second-order valence-electron chi connectivity index (χ2n) is 9.36. The lowest BCUT2D eigenvalue weighted by molar-refractivity contribution is 0.209. The second-order valence-corrected chi connectivity index (χ2v) is 12.4.